The lowest BCUT2D eigenvalue weighted by molar-refractivity contribution is -0.118. The normalized spacial score (nSPS) is 13.1. The maximum absolute atomic E-state index is 12.5. The molecule has 3 rings (SSSR count). The Hall–Kier alpha value is -2.94. The molecule has 6 nitrogen and oxygen atoms in total. The van der Waals surface area contributed by atoms with Crippen molar-refractivity contribution in [3.05, 3.63) is 52.5 Å². The zero-order valence-electron chi connectivity index (χ0n) is 13.7. The molecule has 140 valence electrons. The summed E-state index contributed by atoms with van der Waals surface area (Å²) < 4.78 is 35.3. The van der Waals surface area contributed by atoms with Gasteiger partial charge in [0.25, 0.3) is 5.91 Å². The van der Waals surface area contributed by atoms with Gasteiger partial charge < -0.3 is 20.1 Å². The number of hydrogen-bond donors (Lipinski definition) is 2. The quantitative estimate of drug-likeness (QED) is 0.690. The Morgan fingerprint density at radius 3 is 2.89 bits per heavy atom. The van der Waals surface area contributed by atoms with Crippen molar-refractivity contribution in [3.8, 4) is 11.5 Å². The van der Waals surface area contributed by atoms with E-state index >= 15 is 0 Å². The van der Waals surface area contributed by atoms with E-state index in [1.165, 1.54) is 18.2 Å². The standard InChI is InChI=1S/C18H13BrF2N2O4/c19-11-2-4-14(27-18(20)21)10(7-11)1-6-16(24)22-12-3-5-15-13(8-12)23-17(25)9-26-15/h1-8,18H,9H2,(H,22,24)(H,23,25)/b6-1+. The van der Waals surface area contributed by atoms with Crippen LogP contribution in [0.1, 0.15) is 5.56 Å². The third-order valence-corrected chi connectivity index (χ3v) is 3.98. The van der Waals surface area contributed by atoms with Crippen molar-refractivity contribution in [3.63, 3.8) is 0 Å². The van der Waals surface area contributed by atoms with Crippen LogP contribution in [0.5, 0.6) is 11.5 Å². The highest BCUT2D eigenvalue weighted by atomic mass is 79.9. The molecule has 0 unspecified atom stereocenters. The van der Waals surface area contributed by atoms with Crippen molar-refractivity contribution in [1.29, 1.82) is 0 Å². The molecule has 9 heteroatoms. The molecule has 0 atom stereocenters. The first kappa shape index (κ1) is 18.8. The van der Waals surface area contributed by atoms with Crippen LogP contribution in [0.25, 0.3) is 6.08 Å². The van der Waals surface area contributed by atoms with E-state index in [4.69, 9.17) is 4.74 Å². The number of halogens is 3. The first-order chi connectivity index (χ1) is 12.9. The highest BCUT2D eigenvalue weighted by Gasteiger charge is 2.16. The van der Waals surface area contributed by atoms with E-state index in [1.807, 2.05) is 0 Å². The zero-order chi connectivity index (χ0) is 19.4. The fourth-order valence-electron chi connectivity index (χ4n) is 2.36. The number of nitrogens with one attached hydrogen (secondary N) is 2. The lowest BCUT2D eigenvalue weighted by atomic mass is 10.2. The first-order valence-corrected chi connectivity index (χ1v) is 8.50. The van der Waals surface area contributed by atoms with Gasteiger partial charge in [-0.1, -0.05) is 15.9 Å². The molecule has 27 heavy (non-hydrogen) atoms. The molecular formula is C18H13BrF2N2O4. The van der Waals surface area contributed by atoms with Crippen LogP contribution in [0.15, 0.2) is 46.9 Å². The van der Waals surface area contributed by atoms with Gasteiger partial charge in [0.15, 0.2) is 6.61 Å². The van der Waals surface area contributed by atoms with Crippen LogP contribution in [0, 0.1) is 0 Å². The SMILES string of the molecule is O=C(/C=C/c1cc(Br)ccc1OC(F)F)Nc1ccc2c(c1)NC(=O)CO2. The molecular weight excluding hydrogens is 426 g/mol. The van der Waals surface area contributed by atoms with E-state index in [0.29, 0.717) is 27.2 Å². The van der Waals surface area contributed by atoms with Crippen LogP contribution >= 0.6 is 15.9 Å². The van der Waals surface area contributed by atoms with Crippen molar-refractivity contribution in [2.45, 2.75) is 6.61 Å². The van der Waals surface area contributed by atoms with Gasteiger partial charge in [0.1, 0.15) is 11.5 Å². The van der Waals surface area contributed by atoms with Gasteiger partial charge in [-0.15, -0.1) is 0 Å². The zero-order valence-corrected chi connectivity index (χ0v) is 15.3. The predicted octanol–water partition coefficient (Wildman–Crippen LogP) is 4.03. The van der Waals surface area contributed by atoms with Gasteiger partial charge in [-0.2, -0.15) is 8.78 Å². The van der Waals surface area contributed by atoms with Crippen LogP contribution in [-0.4, -0.2) is 25.0 Å². The minimum Gasteiger partial charge on any atom is -0.482 e. The molecule has 2 aromatic carbocycles. The highest BCUT2D eigenvalue weighted by molar-refractivity contribution is 9.10. The second-order valence-corrected chi connectivity index (χ2v) is 6.35. The Balaban J connectivity index is 1.72. The molecule has 1 aliphatic rings. The van der Waals surface area contributed by atoms with Gasteiger partial charge in [0.05, 0.1) is 5.69 Å². The van der Waals surface area contributed by atoms with Gasteiger partial charge in [0, 0.05) is 21.8 Å². The Kier molecular flexibility index (Phi) is 5.70. The molecule has 0 saturated carbocycles. The summed E-state index contributed by atoms with van der Waals surface area (Å²) in [7, 11) is 0. The number of carbonyl (C=O) groups excluding carboxylic acids is 2. The predicted molar refractivity (Wildman–Crippen MR) is 99.0 cm³/mol. The Labute approximate surface area is 161 Å². The number of benzene rings is 2. The molecule has 2 aromatic rings. The number of carbonyl (C=O) groups is 2. The van der Waals surface area contributed by atoms with Crippen LogP contribution in [0.3, 0.4) is 0 Å². The van der Waals surface area contributed by atoms with Gasteiger partial charge in [-0.25, -0.2) is 0 Å². The van der Waals surface area contributed by atoms with Gasteiger partial charge in [-0.3, -0.25) is 9.59 Å². The van der Waals surface area contributed by atoms with E-state index in [-0.39, 0.29) is 18.3 Å². The van der Waals surface area contributed by atoms with Crippen LogP contribution < -0.4 is 20.1 Å². The molecule has 0 spiro atoms. The van der Waals surface area contributed by atoms with Crippen LogP contribution in [0.2, 0.25) is 0 Å². The fourth-order valence-corrected chi connectivity index (χ4v) is 2.74. The largest absolute Gasteiger partial charge is 0.482 e. The minimum absolute atomic E-state index is 0.0501. The number of amides is 2. The Morgan fingerprint density at radius 1 is 1.30 bits per heavy atom. The number of hydrogen-bond acceptors (Lipinski definition) is 4. The molecule has 2 amide bonds. The third kappa shape index (κ3) is 5.04. The van der Waals surface area contributed by atoms with E-state index in [9.17, 15) is 18.4 Å². The molecule has 0 saturated heterocycles. The summed E-state index contributed by atoms with van der Waals surface area (Å²) in [6.45, 7) is -3.03. The molecule has 0 radical (unpaired) electrons. The number of alkyl halides is 2. The van der Waals surface area contributed by atoms with E-state index < -0.39 is 12.5 Å². The van der Waals surface area contributed by atoms with Crippen molar-refractivity contribution < 1.29 is 27.8 Å². The van der Waals surface area contributed by atoms with Gasteiger partial charge >= 0.3 is 6.61 Å². The van der Waals surface area contributed by atoms with Gasteiger partial charge in [0.2, 0.25) is 5.91 Å². The van der Waals surface area contributed by atoms with Crippen molar-refractivity contribution >= 4 is 45.2 Å². The first-order valence-electron chi connectivity index (χ1n) is 7.71. The molecule has 0 aromatic heterocycles. The molecule has 0 bridgehead atoms. The summed E-state index contributed by atoms with van der Waals surface area (Å²) in [5.74, 6) is -0.315. The monoisotopic (exact) mass is 438 g/mol. The second-order valence-electron chi connectivity index (χ2n) is 5.43. The van der Waals surface area contributed by atoms with Crippen molar-refractivity contribution in [1.82, 2.24) is 0 Å². The number of ether oxygens (including phenoxy) is 2. The summed E-state index contributed by atoms with van der Waals surface area (Å²) in [5.41, 5.74) is 1.20. The smallest absolute Gasteiger partial charge is 0.387 e. The van der Waals surface area contributed by atoms with Crippen molar-refractivity contribution in [2.24, 2.45) is 0 Å². The summed E-state index contributed by atoms with van der Waals surface area (Å²) in [6.07, 6.45) is 2.55. The number of rotatable bonds is 5. The second kappa shape index (κ2) is 8.17. The van der Waals surface area contributed by atoms with E-state index in [0.717, 1.165) is 0 Å². The molecule has 1 aliphatic heterocycles. The summed E-state index contributed by atoms with van der Waals surface area (Å²) in [4.78, 5) is 23.5. The van der Waals surface area contributed by atoms with Crippen molar-refractivity contribution in [2.75, 3.05) is 17.2 Å². The maximum atomic E-state index is 12.5. The summed E-state index contributed by atoms with van der Waals surface area (Å²) in [5, 5.41) is 5.26. The van der Waals surface area contributed by atoms with Crippen LogP contribution in [0.4, 0.5) is 20.2 Å². The molecule has 0 fully saturated rings. The maximum Gasteiger partial charge on any atom is 0.387 e. The lowest BCUT2D eigenvalue weighted by Crippen LogP contribution is -2.25. The fraction of sp³-hybridized carbons (Fsp3) is 0.111. The lowest BCUT2D eigenvalue weighted by Gasteiger charge is -2.18. The number of anilines is 2. The molecule has 1 heterocycles. The highest BCUT2D eigenvalue weighted by Crippen LogP contribution is 2.30. The topological polar surface area (TPSA) is 76.7 Å². The molecule has 0 aliphatic carbocycles. The summed E-state index contributed by atoms with van der Waals surface area (Å²) >= 11 is 3.24. The molecule has 2 N–H and O–H groups in total. The summed E-state index contributed by atoms with van der Waals surface area (Å²) in [6, 6.07) is 9.28. The third-order valence-electron chi connectivity index (χ3n) is 3.48. The minimum atomic E-state index is -2.97. The average Bonchev–Trinajstić information content (AvgIpc) is 2.61. The average molecular weight is 439 g/mol. The number of fused-ring (bicyclic) bond motifs is 1. The van der Waals surface area contributed by atoms with E-state index in [1.54, 1.807) is 30.3 Å². The van der Waals surface area contributed by atoms with Gasteiger partial charge in [-0.05, 0) is 42.5 Å². The van der Waals surface area contributed by atoms with E-state index in [2.05, 4.69) is 31.3 Å². The Bertz CT molecular complexity index is 918. The van der Waals surface area contributed by atoms with Crippen LogP contribution in [-0.2, 0) is 9.59 Å². The Morgan fingerprint density at radius 2 is 2.11 bits per heavy atom.